The van der Waals surface area contributed by atoms with E-state index in [0.29, 0.717) is 18.0 Å². The number of fused-ring (bicyclic) bond motifs is 1. The van der Waals surface area contributed by atoms with Gasteiger partial charge in [-0.2, -0.15) is 0 Å². The number of para-hydroxylation sites is 2. The number of likely N-dealkylation sites (N-methyl/N-ethyl adjacent to an activating group) is 1. The normalized spacial score (nSPS) is 10.5. The Morgan fingerprint density at radius 1 is 0.920 bits per heavy atom. The van der Waals surface area contributed by atoms with Crippen LogP contribution in [-0.2, 0) is 4.79 Å². The number of hydrogen-bond acceptors (Lipinski definition) is 3. The lowest BCUT2D eigenvalue weighted by atomic mass is 10.1. The topological polar surface area (TPSA) is 38.8 Å². The predicted octanol–water partition coefficient (Wildman–Crippen LogP) is 4.28. The molecule has 3 aromatic rings. The molecule has 0 aliphatic carbocycles. The van der Waals surface area contributed by atoms with E-state index in [-0.39, 0.29) is 12.5 Å². The minimum atomic E-state index is -0.0928. The molecule has 0 saturated carbocycles. The number of methoxy groups -OCH3 is 1. The average Bonchev–Trinajstić information content (AvgIpc) is 2.67. The summed E-state index contributed by atoms with van der Waals surface area (Å²) in [5, 5.41) is 2.16. The SMILES string of the molecule is CCN(C(=O)COc1ccccc1OC)c1cccc2ccccc12. The Balaban J connectivity index is 1.82. The fourth-order valence-corrected chi connectivity index (χ4v) is 2.88. The Bertz CT molecular complexity index is 870. The first kappa shape index (κ1) is 16.8. The summed E-state index contributed by atoms with van der Waals surface area (Å²) in [6.45, 7) is 2.49. The van der Waals surface area contributed by atoms with Crippen LogP contribution in [0.2, 0.25) is 0 Å². The number of hydrogen-bond donors (Lipinski definition) is 0. The highest BCUT2D eigenvalue weighted by Crippen LogP contribution is 2.28. The first-order chi connectivity index (χ1) is 12.2. The molecule has 0 unspecified atom stereocenters. The zero-order chi connectivity index (χ0) is 17.6. The van der Waals surface area contributed by atoms with Gasteiger partial charge in [-0.3, -0.25) is 4.79 Å². The van der Waals surface area contributed by atoms with E-state index < -0.39 is 0 Å². The summed E-state index contributed by atoms with van der Waals surface area (Å²) in [7, 11) is 1.58. The zero-order valence-corrected chi connectivity index (χ0v) is 14.4. The summed E-state index contributed by atoms with van der Waals surface area (Å²) in [5.41, 5.74) is 0.897. The van der Waals surface area contributed by atoms with Crippen LogP contribution in [0.4, 0.5) is 5.69 Å². The van der Waals surface area contributed by atoms with Crippen molar-refractivity contribution in [2.75, 3.05) is 25.2 Å². The molecule has 0 spiro atoms. The molecule has 0 atom stereocenters. The molecule has 4 nitrogen and oxygen atoms in total. The van der Waals surface area contributed by atoms with Crippen LogP contribution in [-0.4, -0.2) is 26.2 Å². The van der Waals surface area contributed by atoms with Crippen molar-refractivity contribution < 1.29 is 14.3 Å². The Morgan fingerprint density at radius 2 is 1.60 bits per heavy atom. The summed E-state index contributed by atoms with van der Waals surface area (Å²) >= 11 is 0. The van der Waals surface area contributed by atoms with Gasteiger partial charge in [0.1, 0.15) is 0 Å². The molecule has 25 heavy (non-hydrogen) atoms. The summed E-state index contributed by atoms with van der Waals surface area (Å²) in [6, 6.07) is 21.3. The number of carbonyl (C=O) groups is 1. The van der Waals surface area contributed by atoms with Crippen molar-refractivity contribution in [3.63, 3.8) is 0 Å². The smallest absolute Gasteiger partial charge is 0.264 e. The van der Waals surface area contributed by atoms with Crippen LogP contribution in [0.1, 0.15) is 6.92 Å². The van der Waals surface area contributed by atoms with Crippen LogP contribution in [0.25, 0.3) is 10.8 Å². The van der Waals surface area contributed by atoms with E-state index in [1.165, 1.54) is 0 Å². The Kier molecular flexibility index (Phi) is 5.19. The van der Waals surface area contributed by atoms with Crippen molar-refractivity contribution >= 4 is 22.4 Å². The van der Waals surface area contributed by atoms with Gasteiger partial charge in [-0.25, -0.2) is 0 Å². The van der Waals surface area contributed by atoms with Gasteiger partial charge in [0, 0.05) is 11.9 Å². The summed E-state index contributed by atoms with van der Waals surface area (Å²) in [5.74, 6) is 1.08. The third-order valence-corrected chi connectivity index (χ3v) is 4.09. The summed E-state index contributed by atoms with van der Waals surface area (Å²) in [6.07, 6.45) is 0. The highest BCUT2D eigenvalue weighted by atomic mass is 16.5. The fourth-order valence-electron chi connectivity index (χ4n) is 2.88. The van der Waals surface area contributed by atoms with Gasteiger partial charge in [0.15, 0.2) is 18.1 Å². The predicted molar refractivity (Wildman–Crippen MR) is 100 cm³/mol. The Labute approximate surface area is 147 Å². The molecule has 0 bridgehead atoms. The molecule has 0 radical (unpaired) electrons. The van der Waals surface area contributed by atoms with Crippen molar-refractivity contribution in [3.8, 4) is 11.5 Å². The second kappa shape index (κ2) is 7.71. The van der Waals surface area contributed by atoms with Crippen molar-refractivity contribution in [3.05, 3.63) is 66.7 Å². The summed E-state index contributed by atoms with van der Waals surface area (Å²) < 4.78 is 10.9. The van der Waals surface area contributed by atoms with E-state index in [2.05, 4.69) is 0 Å². The molecule has 0 aliphatic rings. The number of benzene rings is 3. The molecule has 128 valence electrons. The van der Waals surface area contributed by atoms with Crippen LogP contribution in [0.3, 0.4) is 0 Å². The second-order valence-electron chi connectivity index (χ2n) is 5.58. The first-order valence-corrected chi connectivity index (χ1v) is 8.28. The van der Waals surface area contributed by atoms with E-state index >= 15 is 0 Å². The monoisotopic (exact) mass is 335 g/mol. The maximum Gasteiger partial charge on any atom is 0.264 e. The van der Waals surface area contributed by atoms with Crippen LogP contribution in [0.15, 0.2) is 66.7 Å². The van der Waals surface area contributed by atoms with Gasteiger partial charge in [0.05, 0.1) is 12.8 Å². The van der Waals surface area contributed by atoms with Gasteiger partial charge in [0.2, 0.25) is 0 Å². The maximum atomic E-state index is 12.8. The largest absolute Gasteiger partial charge is 0.493 e. The number of anilines is 1. The number of rotatable bonds is 6. The highest BCUT2D eigenvalue weighted by Gasteiger charge is 2.17. The van der Waals surface area contributed by atoms with E-state index in [4.69, 9.17) is 9.47 Å². The quantitative estimate of drug-likeness (QED) is 0.675. The van der Waals surface area contributed by atoms with Gasteiger partial charge in [-0.15, -0.1) is 0 Å². The van der Waals surface area contributed by atoms with Crippen molar-refractivity contribution in [2.24, 2.45) is 0 Å². The lowest BCUT2D eigenvalue weighted by molar-refractivity contribution is -0.120. The third-order valence-electron chi connectivity index (χ3n) is 4.09. The van der Waals surface area contributed by atoms with Crippen molar-refractivity contribution in [1.82, 2.24) is 0 Å². The van der Waals surface area contributed by atoms with E-state index in [0.717, 1.165) is 16.5 Å². The molecular formula is C21H21NO3. The standard InChI is InChI=1S/C21H21NO3/c1-3-22(18-12-8-10-16-9-4-5-11-17(16)18)21(23)15-25-20-14-7-6-13-19(20)24-2/h4-14H,3,15H2,1-2H3. The van der Waals surface area contributed by atoms with E-state index in [1.54, 1.807) is 18.1 Å². The Hall–Kier alpha value is -3.01. The molecule has 0 aliphatic heterocycles. The average molecular weight is 335 g/mol. The molecule has 0 heterocycles. The number of nitrogens with zero attached hydrogens (tertiary/aromatic N) is 1. The van der Waals surface area contributed by atoms with E-state index in [9.17, 15) is 4.79 Å². The van der Waals surface area contributed by atoms with Crippen LogP contribution in [0, 0.1) is 0 Å². The zero-order valence-electron chi connectivity index (χ0n) is 14.4. The number of carbonyl (C=O) groups excluding carboxylic acids is 1. The molecule has 3 aromatic carbocycles. The molecule has 0 aromatic heterocycles. The molecular weight excluding hydrogens is 314 g/mol. The molecule has 3 rings (SSSR count). The van der Waals surface area contributed by atoms with Crippen LogP contribution in [0.5, 0.6) is 11.5 Å². The highest BCUT2D eigenvalue weighted by molar-refractivity contribution is 6.04. The minimum absolute atomic E-state index is 0.0442. The van der Waals surface area contributed by atoms with E-state index in [1.807, 2.05) is 67.6 Å². The lowest BCUT2D eigenvalue weighted by Crippen LogP contribution is -2.35. The van der Waals surface area contributed by atoms with Crippen molar-refractivity contribution in [1.29, 1.82) is 0 Å². The third kappa shape index (κ3) is 3.58. The molecule has 0 fully saturated rings. The van der Waals surface area contributed by atoms with Crippen LogP contribution >= 0.6 is 0 Å². The van der Waals surface area contributed by atoms with Gasteiger partial charge in [-0.1, -0.05) is 48.5 Å². The van der Waals surface area contributed by atoms with Crippen molar-refractivity contribution in [2.45, 2.75) is 6.92 Å². The fraction of sp³-hybridized carbons (Fsp3) is 0.190. The number of ether oxygens (including phenoxy) is 2. The van der Waals surface area contributed by atoms with Gasteiger partial charge >= 0.3 is 0 Å². The maximum absolute atomic E-state index is 12.8. The van der Waals surface area contributed by atoms with Gasteiger partial charge in [-0.05, 0) is 30.5 Å². The first-order valence-electron chi connectivity index (χ1n) is 8.28. The van der Waals surface area contributed by atoms with Crippen LogP contribution < -0.4 is 14.4 Å². The minimum Gasteiger partial charge on any atom is -0.493 e. The van der Waals surface area contributed by atoms with Gasteiger partial charge in [0.25, 0.3) is 5.91 Å². The van der Waals surface area contributed by atoms with Gasteiger partial charge < -0.3 is 14.4 Å². The second-order valence-corrected chi connectivity index (χ2v) is 5.58. The molecule has 4 heteroatoms. The molecule has 1 amide bonds. The summed E-state index contributed by atoms with van der Waals surface area (Å²) in [4.78, 5) is 14.5. The lowest BCUT2D eigenvalue weighted by Gasteiger charge is -2.23. The Morgan fingerprint density at radius 3 is 2.36 bits per heavy atom. The molecule has 0 N–H and O–H groups in total. The number of amides is 1. The molecule has 0 saturated heterocycles.